The minimum absolute atomic E-state index is 0.234. The van der Waals surface area contributed by atoms with Crippen LogP contribution in [0.15, 0.2) is 53.7 Å². The third-order valence-corrected chi connectivity index (χ3v) is 9.42. The van der Waals surface area contributed by atoms with Crippen molar-refractivity contribution in [2.75, 3.05) is 50.3 Å². The number of hydrogen-bond donors (Lipinski definition) is 3. The average molecular weight is 543 g/mol. The highest BCUT2D eigenvalue weighted by atomic mass is 16.5. The van der Waals surface area contributed by atoms with Crippen molar-refractivity contribution in [3.05, 3.63) is 54.2 Å². The number of hydrazine groups is 1. The van der Waals surface area contributed by atoms with Crippen LogP contribution >= 0.6 is 0 Å². The first-order valence-electron chi connectivity index (χ1n) is 14.3. The first-order chi connectivity index (χ1) is 19.5. The molecular weight excluding hydrogens is 504 g/mol. The van der Waals surface area contributed by atoms with E-state index in [2.05, 4.69) is 37.3 Å². The molecule has 2 saturated carbocycles. The molecular formula is C30H38N8O2. The Morgan fingerprint density at radius 2 is 1.70 bits per heavy atom. The molecule has 10 heteroatoms. The summed E-state index contributed by atoms with van der Waals surface area (Å²) in [7, 11) is 3.23. The average Bonchev–Trinajstić information content (AvgIpc) is 3.71. The van der Waals surface area contributed by atoms with E-state index in [0.717, 1.165) is 60.4 Å². The summed E-state index contributed by atoms with van der Waals surface area (Å²) in [6.45, 7) is 4.39. The summed E-state index contributed by atoms with van der Waals surface area (Å²) in [6, 6.07) is 14.9. The number of aromatic nitrogens is 1. The number of rotatable bonds is 6. The van der Waals surface area contributed by atoms with Gasteiger partial charge < -0.3 is 20.1 Å². The Balaban J connectivity index is 1.06. The van der Waals surface area contributed by atoms with Crippen LogP contribution < -0.4 is 36.3 Å². The van der Waals surface area contributed by atoms with Crippen molar-refractivity contribution in [1.29, 1.82) is 0 Å². The number of fused-ring (bicyclic) bond motifs is 3. The molecule has 7 rings (SSSR count). The number of anilines is 2. The maximum absolute atomic E-state index is 6.78. The van der Waals surface area contributed by atoms with Crippen molar-refractivity contribution in [1.82, 2.24) is 15.3 Å². The van der Waals surface area contributed by atoms with Gasteiger partial charge in [-0.05, 0) is 66.8 Å². The number of nitrogens with zero attached hydrogens (tertiary/aromatic N) is 5. The van der Waals surface area contributed by atoms with Crippen LogP contribution in [-0.2, 0) is 5.79 Å². The summed E-state index contributed by atoms with van der Waals surface area (Å²) in [5, 5.41) is 3.39. The first-order valence-corrected chi connectivity index (χ1v) is 14.3. The Morgan fingerprint density at radius 3 is 2.38 bits per heavy atom. The molecule has 0 radical (unpaired) electrons. The van der Waals surface area contributed by atoms with Gasteiger partial charge in [0.1, 0.15) is 0 Å². The number of nitrogens with two attached hydrogens (primary N) is 2. The molecule has 0 spiro atoms. The van der Waals surface area contributed by atoms with Crippen molar-refractivity contribution < 1.29 is 9.47 Å². The van der Waals surface area contributed by atoms with Crippen LogP contribution in [0.5, 0.6) is 11.5 Å². The Labute approximate surface area is 234 Å². The molecule has 1 saturated heterocycles. The molecule has 5 N–H and O–H groups in total. The summed E-state index contributed by atoms with van der Waals surface area (Å²) in [4.78, 5) is 14.4. The number of nitrogens with one attached hydrogen (secondary N) is 1. The summed E-state index contributed by atoms with van der Waals surface area (Å²) in [5.74, 6) is 2.77. The molecule has 4 atom stereocenters. The van der Waals surface area contributed by atoms with Gasteiger partial charge in [0.15, 0.2) is 17.3 Å². The van der Waals surface area contributed by atoms with Crippen LogP contribution in [0.3, 0.4) is 0 Å². The van der Waals surface area contributed by atoms with Crippen molar-refractivity contribution in [2.24, 2.45) is 28.3 Å². The highest BCUT2D eigenvalue weighted by Gasteiger charge is 2.43. The smallest absolute Gasteiger partial charge is 0.215 e. The summed E-state index contributed by atoms with van der Waals surface area (Å²) in [6.07, 6.45) is 7.50. The van der Waals surface area contributed by atoms with Crippen LogP contribution in [0.25, 0.3) is 10.8 Å². The lowest BCUT2D eigenvalue weighted by Gasteiger charge is -2.42. The predicted molar refractivity (Wildman–Crippen MR) is 157 cm³/mol. The topological polar surface area (TPSA) is 117 Å². The molecule has 0 amide bonds. The monoisotopic (exact) mass is 542 g/mol. The fourth-order valence-electron chi connectivity index (χ4n) is 7.33. The van der Waals surface area contributed by atoms with Gasteiger partial charge in [0.2, 0.25) is 11.7 Å². The number of hydrogen-bond acceptors (Lipinski definition) is 10. The lowest BCUT2D eigenvalue weighted by molar-refractivity contribution is 0.135. The fraction of sp³-hybridized carbons (Fsp3) is 0.467. The molecule has 4 unspecified atom stereocenters. The molecule has 3 fully saturated rings. The van der Waals surface area contributed by atoms with E-state index < -0.39 is 5.79 Å². The maximum Gasteiger partial charge on any atom is 0.215 e. The second-order valence-electron chi connectivity index (χ2n) is 11.6. The normalized spacial score (nSPS) is 28.4. The second kappa shape index (κ2) is 9.79. The van der Waals surface area contributed by atoms with Crippen molar-refractivity contribution in [3.8, 4) is 11.5 Å². The molecule has 2 aromatic carbocycles. The lowest BCUT2D eigenvalue weighted by atomic mass is 9.93. The second-order valence-corrected chi connectivity index (χ2v) is 11.6. The lowest BCUT2D eigenvalue weighted by Crippen LogP contribution is -2.53. The van der Waals surface area contributed by atoms with Crippen LogP contribution in [0.1, 0.15) is 31.2 Å². The van der Waals surface area contributed by atoms with Crippen LogP contribution in [0.2, 0.25) is 0 Å². The van der Waals surface area contributed by atoms with Gasteiger partial charge >= 0.3 is 0 Å². The van der Waals surface area contributed by atoms with E-state index in [0.29, 0.717) is 17.3 Å². The van der Waals surface area contributed by atoms with Gasteiger partial charge in [0, 0.05) is 55.1 Å². The summed E-state index contributed by atoms with van der Waals surface area (Å²) < 4.78 is 11.0. The number of benzene rings is 2. The molecule has 10 nitrogen and oxygen atoms in total. The quantitative estimate of drug-likeness (QED) is 0.432. The number of ether oxygens (including phenoxy) is 2. The molecule has 2 aliphatic heterocycles. The van der Waals surface area contributed by atoms with Gasteiger partial charge in [0.05, 0.1) is 14.2 Å². The molecule has 2 aliphatic carbocycles. The minimum atomic E-state index is -1.22. The van der Waals surface area contributed by atoms with Gasteiger partial charge in [-0.2, -0.15) is 5.43 Å². The van der Waals surface area contributed by atoms with E-state index >= 15 is 0 Å². The largest absolute Gasteiger partial charge is 0.493 e. The van der Waals surface area contributed by atoms with Crippen molar-refractivity contribution >= 4 is 28.2 Å². The van der Waals surface area contributed by atoms with Crippen molar-refractivity contribution in [2.45, 2.75) is 37.5 Å². The van der Waals surface area contributed by atoms with E-state index in [1.54, 1.807) is 25.4 Å². The summed E-state index contributed by atoms with van der Waals surface area (Å²) >= 11 is 0. The molecule has 40 heavy (non-hydrogen) atoms. The predicted octanol–water partition coefficient (Wildman–Crippen LogP) is 2.97. The number of aliphatic imine (C=N–C) groups is 1. The number of guanidine groups is 1. The Kier molecular flexibility index (Phi) is 6.21. The SMILES string of the molecule is COc1cc2ccnc(N3NC(N)(c4ccc(N5CCN(C6CC7CCC6C7)CC5)cc4)N=C3N)c2cc1OC. The van der Waals surface area contributed by atoms with Gasteiger partial charge in [-0.15, -0.1) is 0 Å². The highest BCUT2D eigenvalue weighted by Crippen LogP contribution is 2.47. The van der Waals surface area contributed by atoms with E-state index in [4.69, 9.17) is 20.9 Å². The zero-order chi connectivity index (χ0) is 27.4. The molecule has 3 heterocycles. The van der Waals surface area contributed by atoms with Gasteiger partial charge in [-0.3, -0.25) is 10.6 Å². The van der Waals surface area contributed by atoms with Gasteiger partial charge in [0.25, 0.3) is 0 Å². The van der Waals surface area contributed by atoms with E-state index in [1.165, 1.54) is 31.4 Å². The van der Waals surface area contributed by atoms with Crippen LogP contribution in [0, 0.1) is 11.8 Å². The van der Waals surface area contributed by atoms with Gasteiger partial charge in [-0.25, -0.2) is 15.0 Å². The molecule has 1 aromatic heterocycles. The molecule has 3 aromatic rings. The number of pyridine rings is 1. The third-order valence-electron chi connectivity index (χ3n) is 9.42. The van der Waals surface area contributed by atoms with E-state index in [-0.39, 0.29) is 5.96 Å². The highest BCUT2D eigenvalue weighted by molar-refractivity contribution is 6.04. The van der Waals surface area contributed by atoms with E-state index in [1.807, 2.05) is 30.3 Å². The van der Waals surface area contributed by atoms with Crippen molar-refractivity contribution in [3.63, 3.8) is 0 Å². The number of methoxy groups -OCH3 is 2. The standard InChI is InChI=1S/C30H38N8O2/c1-39-26-17-20-9-10-33-28(24(20)18-27(26)40-2)38-29(31)34-30(32,35-38)22-5-7-23(8-6-22)36-11-13-37(14-12-36)25-16-19-3-4-21(25)15-19/h5-10,17-19,21,25,35H,3-4,11-16,32H2,1-2H3,(H2,31,34). The molecule has 4 aliphatic rings. The molecule has 2 bridgehead atoms. The Hall–Kier alpha value is -3.60. The fourth-order valence-corrected chi connectivity index (χ4v) is 7.33. The van der Waals surface area contributed by atoms with Crippen LogP contribution in [-0.4, -0.2) is 62.3 Å². The van der Waals surface area contributed by atoms with Crippen LogP contribution in [0.4, 0.5) is 11.5 Å². The van der Waals surface area contributed by atoms with E-state index in [9.17, 15) is 0 Å². The first kappa shape index (κ1) is 25.4. The molecule has 210 valence electrons. The summed E-state index contributed by atoms with van der Waals surface area (Å²) in [5.41, 5.74) is 18.5. The third kappa shape index (κ3) is 4.22. The number of piperazine rings is 1. The minimum Gasteiger partial charge on any atom is -0.493 e. The van der Waals surface area contributed by atoms with Gasteiger partial charge in [-0.1, -0.05) is 18.6 Å². The Bertz CT molecular complexity index is 1440. The maximum atomic E-state index is 6.78. The zero-order valence-electron chi connectivity index (χ0n) is 23.2. The zero-order valence-corrected chi connectivity index (χ0v) is 23.2. The Morgan fingerprint density at radius 1 is 0.950 bits per heavy atom.